The molecule has 0 unspecified atom stereocenters. The molecule has 0 radical (unpaired) electrons. The molecule has 0 aromatic carbocycles. The molecule has 0 aromatic heterocycles. The maximum absolute atomic E-state index is 11.2. The maximum atomic E-state index is 11.2. The van der Waals surface area contributed by atoms with Gasteiger partial charge in [0.2, 0.25) is 0 Å². The van der Waals surface area contributed by atoms with E-state index in [1.165, 1.54) is 0 Å². The third-order valence-corrected chi connectivity index (χ3v) is 2.14. The Morgan fingerprint density at radius 1 is 0.800 bits per heavy atom. The minimum atomic E-state index is -6.12. The molecular weight excluding hydrogens is 284 g/mol. The van der Waals surface area contributed by atoms with Gasteiger partial charge in [0.05, 0.1) is 0 Å². The van der Waals surface area contributed by atoms with E-state index >= 15 is 0 Å². The van der Waals surface area contributed by atoms with Gasteiger partial charge in [-0.05, 0) is 0 Å². The summed E-state index contributed by atoms with van der Waals surface area (Å²) in [6.45, 7) is 0. The van der Waals surface area contributed by atoms with Crippen LogP contribution in [-0.4, -0.2) is 10.1 Å². The van der Waals surface area contributed by atoms with Crippen LogP contribution in [0.3, 0.4) is 0 Å². The molecule has 0 atom stereocenters. The summed E-state index contributed by atoms with van der Waals surface area (Å²) in [5.74, 6) is 0. The van der Waals surface area contributed by atoms with E-state index in [-0.39, 0.29) is 0 Å². The average molecular weight is 284 g/mol. The molecule has 0 rings (SSSR count). The van der Waals surface area contributed by atoms with E-state index < -0.39 is 31.1 Å². The number of alkyl halides is 6. The zero-order valence-electron chi connectivity index (χ0n) is 4.02. The summed E-state index contributed by atoms with van der Waals surface area (Å²) in [7, 11) is 0. The van der Waals surface area contributed by atoms with Crippen molar-refractivity contribution < 1.29 is 27.7 Å². The Balaban J connectivity index is 4.40. The van der Waals surface area contributed by atoms with Crippen LogP contribution in [0.1, 0.15) is 0 Å². The van der Waals surface area contributed by atoms with Gasteiger partial charge in [0.15, 0.2) is 0 Å². The van der Waals surface area contributed by atoms with Gasteiger partial charge in [0.25, 0.3) is 0 Å². The van der Waals surface area contributed by atoms with Crippen LogP contribution < -0.4 is 0 Å². The Morgan fingerprint density at radius 2 is 1.10 bits per heavy atom. The summed E-state index contributed by atoms with van der Waals surface area (Å²) in [5.41, 5.74) is 0. The standard InChI is InChI=1S/C2F7I/c3-1(4,5)2(6,7)10(8)9. The summed E-state index contributed by atoms with van der Waals surface area (Å²) < 4.78 is 71.4. The van der Waals surface area contributed by atoms with Crippen molar-refractivity contribution in [3.63, 3.8) is 0 Å². The molecule has 0 nitrogen and oxygen atoms in total. The molecule has 0 amide bonds. The summed E-state index contributed by atoms with van der Waals surface area (Å²) in [6, 6.07) is 0. The molecular formula is C2F7I. The van der Waals surface area contributed by atoms with Crippen molar-refractivity contribution in [2.75, 3.05) is 0 Å². The molecule has 0 saturated carbocycles. The predicted molar refractivity (Wildman–Crippen MR) is 27.2 cm³/mol. The fraction of sp³-hybridized carbons (Fsp3) is 1.00. The van der Waals surface area contributed by atoms with Crippen molar-refractivity contribution in [2.24, 2.45) is 0 Å². The first-order valence-electron chi connectivity index (χ1n) is 1.67. The van der Waals surface area contributed by atoms with Gasteiger partial charge in [-0.2, -0.15) is 0 Å². The number of rotatable bonds is 1. The Kier molecular flexibility index (Phi) is 2.77. The van der Waals surface area contributed by atoms with E-state index in [1.54, 1.807) is 0 Å². The van der Waals surface area contributed by atoms with Gasteiger partial charge in [0, 0.05) is 0 Å². The second-order valence-corrected chi connectivity index (χ2v) is 3.67. The van der Waals surface area contributed by atoms with Crippen molar-refractivity contribution in [1.29, 1.82) is 0 Å². The van der Waals surface area contributed by atoms with Gasteiger partial charge in [-0.15, -0.1) is 0 Å². The van der Waals surface area contributed by atoms with Gasteiger partial charge < -0.3 is 0 Å². The van der Waals surface area contributed by atoms with E-state index in [0.29, 0.717) is 0 Å². The van der Waals surface area contributed by atoms with E-state index in [4.69, 9.17) is 0 Å². The van der Waals surface area contributed by atoms with Crippen molar-refractivity contribution in [2.45, 2.75) is 10.1 Å². The molecule has 0 aliphatic carbocycles. The van der Waals surface area contributed by atoms with Crippen LogP contribution in [0, 0.1) is 0 Å². The first-order chi connectivity index (χ1) is 4.19. The Hall–Kier alpha value is 0.240. The SMILES string of the molecule is FI(F)C(F)(F)C(F)(F)F. The number of halogens is 8. The van der Waals surface area contributed by atoms with Crippen LogP contribution in [0.2, 0.25) is 0 Å². The molecule has 8 heteroatoms. The first kappa shape index (κ1) is 10.2. The van der Waals surface area contributed by atoms with Gasteiger partial charge in [-0.25, -0.2) is 0 Å². The van der Waals surface area contributed by atoms with Crippen LogP contribution in [0.15, 0.2) is 0 Å². The molecule has 0 heterocycles. The number of hydrogen-bond donors (Lipinski definition) is 0. The third kappa shape index (κ3) is 1.86. The van der Waals surface area contributed by atoms with Gasteiger partial charge >= 0.3 is 58.7 Å². The van der Waals surface area contributed by atoms with Gasteiger partial charge in [-0.3, -0.25) is 0 Å². The van der Waals surface area contributed by atoms with E-state index in [1.807, 2.05) is 0 Å². The quantitative estimate of drug-likeness (QED) is 0.393. The van der Waals surface area contributed by atoms with E-state index in [2.05, 4.69) is 0 Å². The van der Waals surface area contributed by atoms with Crippen molar-refractivity contribution in [3.05, 3.63) is 0 Å². The first-order valence-corrected chi connectivity index (χ1v) is 4.38. The van der Waals surface area contributed by atoms with Crippen LogP contribution in [0.5, 0.6) is 0 Å². The molecule has 10 heavy (non-hydrogen) atoms. The molecule has 0 aromatic rings. The van der Waals surface area contributed by atoms with Gasteiger partial charge in [0.1, 0.15) is 0 Å². The summed E-state index contributed by atoms with van der Waals surface area (Å²) in [4.78, 5) is 0. The van der Waals surface area contributed by atoms with E-state index in [0.717, 1.165) is 0 Å². The zero-order chi connectivity index (χ0) is 8.58. The second-order valence-electron chi connectivity index (χ2n) is 1.19. The molecule has 0 bridgehead atoms. The van der Waals surface area contributed by atoms with Crippen LogP contribution in [0.4, 0.5) is 27.7 Å². The predicted octanol–water partition coefficient (Wildman–Crippen LogP) is 3.42. The summed E-state index contributed by atoms with van der Waals surface area (Å²) in [5, 5.41) is 0. The third-order valence-electron chi connectivity index (χ3n) is 0.501. The van der Waals surface area contributed by atoms with E-state index in [9.17, 15) is 27.7 Å². The topological polar surface area (TPSA) is 0 Å². The van der Waals surface area contributed by atoms with Crippen molar-refractivity contribution in [3.8, 4) is 0 Å². The summed E-state index contributed by atoms with van der Waals surface area (Å²) in [6.07, 6.45) is -6.10. The fourth-order valence-electron chi connectivity index (χ4n) is 0.0810. The van der Waals surface area contributed by atoms with Gasteiger partial charge in [-0.1, -0.05) is 0 Å². The molecule has 64 valence electrons. The molecule has 0 N–H and O–H groups in total. The Labute approximate surface area is 59.3 Å². The average Bonchev–Trinajstić information content (AvgIpc) is 1.62. The Bertz CT molecular complexity index is 113. The Morgan fingerprint density at radius 3 is 1.10 bits per heavy atom. The van der Waals surface area contributed by atoms with Crippen LogP contribution in [-0.2, 0) is 0 Å². The molecule has 0 spiro atoms. The minimum absolute atomic E-state index is 5.74. The normalized spacial score (nSPS) is 15.3. The second kappa shape index (κ2) is 2.70. The van der Waals surface area contributed by atoms with Crippen molar-refractivity contribution >= 4 is 21.0 Å². The van der Waals surface area contributed by atoms with Crippen LogP contribution in [0.25, 0.3) is 0 Å². The zero-order valence-corrected chi connectivity index (χ0v) is 6.18. The molecule has 0 aliphatic rings. The monoisotopic (exact) mass is 284 g/mol. The van der Waals surface area contributed by atoms with Crippen LogP contribution >= 0.6 is 21.0 Å². The molecule has 0 saturated heterocycles. The molecule has 0 fully saturated rings. The fourth-order valence-corrected chi connectivity index (χ4v) is 0.543. The van der Waals surface area contributed by atoms with Crippen molar-refractivity contribution in [1.82, 2.24) is 0 Å². The molecule has 0 aliphatic heterocycles. The summed E-state index contributed by atoms with van der Waals surface area (Å²) >= 11 is -6.12. The number of hydrogen-bond acceptors (Lipinski definition) is 0.